The molecule has 2 aromatic rings. The topological polar surface area (TPSA) is 189 Å². The van der Waals surface area contributed by atoms with E-state index in [0.29, 0.717) is 11.1 Å². The molecule has 4 atom stereocenters. The Morgan fingerprint density at radius 3 is 2.00 bits per heavy atom. The van der Waals surface area contributed by atoms with E-state index in [2.05, 4.69) is 0 Å². The van der Waals surface area contributed by atoms with Gasteiger partial charge in [-0.3, -0.25) is 4.79 Å². The minimum Gasteiger partial charge on any atom is -0.504 e. The summed E-state index contributed by atoms with van der Waals surface area (Å²) >= 11 is 0. The molecule has 2 aromatic carbocycles. The summed E-state index contributed by atoms with van der Waals surface area (Å²) in [7, 11) is 2.33. The van der Waals surface area contributed by atoms with Crippen molar-refractivity contribution in [1.29, 1.82) is 0 Å². The van der Waals surface area contributed by atoms with Crippen LogP contribution in [0.5, 0.6) is 23.0 Å². The average molecular weight is 545 g/mol. The fourth-order valence-corrected chi connectivity index (χ4v) is 4.11. The minimum absolute atomic E-state index is 0.316. The maximum Gasteiger partial charge on any atom is 0.338 e. The highest BCUT2D eigenvalue weighted by Crippen LogP contribution is 2.39. The Morgan fingerprint density at radius 2 is 1.46 bits per heavy atom. The molecular formula is C27H28O12. The van der Waals surface area contributed by atoms with Crippen LogP contribution in [0, 0.1) is 5.92 Å². The van der Waals surface area contributed by atoms with Gasteiger partial charge in [-0.1, -0.05) is 12.1 Å². The number of aliphatic hydroxyl groups is 1. The monoisotopic (exact) mass is 544 g/mol. The molecule has 0 heterocycles. The van der Waals surface area contributed by atoms with Crippen molar-refractivity contribution < 1.29 is 58.9 Å². The number of esters is 3. The molecule has 12 nitrogen and oxygen atoms in total. The van der Waals surface area contributed by atoms with Crippen LogP contribution >= 0.6 is 0 Å². The van der Waals surface area contributed by atoms with E-state index in [4.69, 9.17) is 18.9 Å². The van der Waals surface area contributed by atoms with Crippen molar-refractivity contribution in [2.45, 2.75) is 30.7 Å². The van der Waals surface area contributed by atoms with Gasteiger partial charge in [0.05, 0.1) is 19.3 Å². The number of aliphatic hydroxyl groups excluding tert-OH is 1. The molecule has 0 spiro atoms. The molecule has 0 radical (unpaired) electrons. The van der Waals surface area contributed by atoms with Gasteiger partial charge in [0.2, 0.25) is 0 Å². The van der Waals surface area contributed by atoms with Gasteiger partial charge in [-0.15, -0.1) is 0 Å². The van der Waals surface area contributed by atoms with Crippen molar-refractivity contribution in [3.63, 3.8) is 0 Å². The Hall–Kier alpha value is -4.55. The van der Waals surface area contributed by atoms with Crippen LogP contribution in [-0.2, 0) is 33.3 Å². The number of aromatic hydroxyl groups is 4. The van der Waals surface area contributed by atoms with Gasteiger partial charge in [-0.25, -0.2) is 9.59 Å². The number of ether oxygens (including phenoxy) is 4. The van der Waals surface area contributed by atoms with Crippen LogP contribution in [0.2, 0.25) is 0 Å². The summed E-state index contributed by atoms with van der Waals surface area (Å²) < 4.78 is 20.7. The SMILES string of the molecule is COC(=O)[C@@]1(OC)CC(C(=O)O/C=C/c2ccc(O)c(O)c2)[C@H](O)[C@H](OC(=O)/C=C/c2ccc(O)c(O)c2)C1. The van der Waals surface area contributed by atoms with Crippen molar-refractivity contribution >= 4 is 30.1 Å². The summed E-state index contributed by atoms with van der Waals surface area (Å²) in [5, 5.41) is 48.9. The van der Waals surface area contributed by atoms with E-state index in [-0.39, 0.29) is 30.1 Å². The van der Waals surface area contributed by atoms with Gasteiger partial charge in [0.15, 0.2) is 28.6 Å². The number of methoxy groups -OCH3 is 2. The second kappa shape index (κ2) is 12.3. The molecule has 0 aromatic heterocycles. The predicted octanol–water partition coefficient (Wildman–Crippen LogP) is 1.98. The molecule has 1 aliphatic carbocycles. The molecule has 208 valence electrons. The van der Waals surface area contributed by atoms with Crippen molar-refractivity contribution in [1.82, 2.24) is 0 Å². The first-order chi connectivity index (χ1) is 18.5. The molecule has 39 heavy (non-hydrogen) atoms. The quantitative estimate of drug-likeness (QED) is 0.107. The van der Waals surface area contributed by atoms with Crippen LogP contribution in [-0.4, -0.2) is 75.5 Å². The zero-order valence-electron chi connectivity index (χ0n) is 21.0. The predicted molar refractivity (Wildman–Crippen MR) is 134 cm³/mol. The van der Waals surface area contributed by atoms with Gasteiger partial charge in [0.25, 0.3) is 0 Å². The maximum atomic E-state index is 12.9. The highest BCUT2D eigenvalue weighted by atomic mass is 16.6. The Labute approximate surface area is 222 Å². The zero-order chi connectivity index (χ0) is 28.7. The number of carbonyl (C=O) groups excluding carboxylic acids is 3. The second-order valence-electron chi connectivity index (χ2n) is 8.74. The largest absolute Gasteiger partial charge is 0.504 e. The number of hydrogen-bond acceptors (Lipinski definition) is 12. The van der Waals surface area contributed by atoms with Crippen LogP contribution in [0.25, 0.3) is 12.2 Å². The van der Waals surface area contributed by atoms with Crippen LogP contribution in [0.3, 0.4) is 0 Å². The van der Waals surface area contributed by atoms with Crippen LogP contribution in [0.15, 0.2) is 48.7 Å². The van der Waals surface area contributed by atoms with Gasteiger partial charge in [-0.05, 0) is 47.5 Å². The van der Waals surface area contributed by atoms with Crippen LogP contribution in [0.1, 0.15) is 24.0 Å². The zero-order valence-corrected chi connectivity index (χ0v) is 21.0. The Bertz CT molecular complexity index is 1280. The number of benzene rings is 2. The molecule has 0 bridgehead atoms. The lowest BCUT2D eigenvalue weighted by Gasteiger charge is -2.42. The summed E-state index contributed by atoms with van der Waals surface area (Å²) in [6, 6.07) is 7.78. The number of phenols is 4. The van der Waals surface area contributed by atoms with Crippen molar-refractivity contribution in [3.05, 3.63) is 59.9 Å². The van der Waals surface area contributed by atoms with Gasteiger partial charge >= 0.3 is 17.9 Å². The number of phenolic OH excluding ortho intramolecular Hbond substituents is 4. The summed E-state index contributed by atoms with van der Waals surface area (Å²) in [5.74, 6) is -5.54. The van der Waals surface area contributed by atoms with Gasteiger partial charge < -0.3 is 44.5 Å². The third kappa shape index (κ3) is 6.86. The molecule has 3 rings (SSSR count). The molecule has 0 aliphatic heterocycles. The van der Waals surface area contributed by atoms with E-state index in [0.717, 1.165) is 19.4 Å². The molecular weight excluding hydrogens is 516 g/mol. The van der Waals surface area contributed by atoms with E-state index < -0.39 is 47.4 Å². The van der Waals surface area contributed by atoms with Crippen LogP contribution < -0.4 is 0 Å². The third-order valence-electron chi connectivity index (χ3n) is 6.25. The number of hydrogen-bond donors (Lipinski definition) is 5. The molecule has 12 heteroatoms. The normalized spacial score (nSPS) is 23.0. The van der Waals surface area contributed by atoms with E-state index in [1.54, 1.807) is 0 Å². The fourth-order valence-electron chi connectivity index (χ4n) is 4.11. The van der Waals surface area contributed by atoms with Gasteiger partial charge in [0, 0.05) is 26.0 Å². The third-order valence-corrected chi connectivity index (χ3v) is 6.25. The fraction of sp³-hybridized carbons (Fsp3) is 0.296. The average Bonchev–Trinajstić information content (AvgIpc) is 2.92. The second-order valence-corrected chi connectivity index (χ2v) is 8.74. The first-order valence-electron chi connectivity index (χ1n) is 11.6. The van der Waals surface area contributed by atoms with E-state index in [1.165, 1.54) is 55.7 Å². The molecule has 5 N–H and O–H groups in total. The lowest BCUT2D eigenvalue weighted by molar-refractivity contribution is -0.200. The van der Waals surface area contributed by atoms with E-state index >= 15 is 0 Å². The number of carbonyl (C=O) groups is 3. The van der Waals surface area contributed by atoms with Gasteiger partial charge in [0.1, 0.15) is 12.2 Å². The molecule has 1 aliphatic rings. The summed E-state index contributed by atoms with van der Waals surface area (Å²) in [4.78, 5) is 38.0. The molecule has 1 saturated carbocycles. The molecule has 0 saturated heterocycles. The number of rotatable bonds is 8. The summed E-state index contributed by atoms with van der Waals surface area (Å²) in [5.41, 5.74) is -0.979. The van der Waals surface area contributed by atoms with Crippen molar-refractivity contribution in [3.8, 4) is 23.0 Å². The smallest absolute Gasteiger partial charge is 0.338 e. The van der Waals surface area contributed by atoms with E-state index in [1.807, 2.05) is 0 Å². The lowest BCUT2D eigenvalue weighted by Crippen LogP contribution is -2.58. The van der Waals surface area contributed by atoms with Crippen molar-refractivity contribution in [2.75, 3.05) is 14.2 Å². The van der Waals surface area contributed by atoms with Gasteiger partial charge in [-0.2, -0.15) is 0 Å². The Balaban J connectivity index is 1.78. The lowest BCUT2D eigenvalue weighted by atomic mass is 9.74. The standard InChI is InChI=1S/C27H28O12/c1-36-26(35)27(37-2)13-17(25(34)38-10-9-16-4-7-19(29)21(31)12-16)24(33)22(14-27)39-23(32)8-5-15-3-6-18(28)20(30)11-15/h3-12,17,22,24,28-31,33H,13-14H2,1-2H3/b8-5+,10-9+/t17?,22-,24+,27-/m1/s1. The van der Waals surface area contributed by atoms with Crippen LogP contribution in [0.4, 0.5) is 0 Å². The Morgan fingerprint density at radius 1 is 0.872 bits per heavy atom. The highest BCUT2D eigenvalue weighted by molar-refractivity contribution is 5.88. The Kier molecular flexibility index (Phi) is 9.17. The molecule has 1 fully saturated rings. The van der Waals surface area contributed by atoms with E-state index in [9.17, 15) is 39.9 Å². The first-order valence-corrected chi connectivity index (χ1v) is 11.6. The van der Waals surface area contributed by atoms with Crippen molar-refractivity contribution in [2.24, 2.45) is 5.92 Å². The summed E-state index contributed by atoms with van der Waals surface area (Å²) in [6.07, 6.45) is 1.01. The minimum atomic E-state index is -1.73. The maximum absolute atomic E-state index is 12.9. The molecule has 0 amide bonds. The molecule has 1 unspecified atom stereocenters. The summed E-state index contributed by atoms with van der Waals surface area (Å²) in [6.45, 7) is 0. The first kappa shape index (κ1) is 29.0. The highest BCUT2D eigenvalue weighted by Gasteiger charge is 2.55.